The van der Waals surface area contributed by atoms with Crippen molar-refractivity contribution in [1.82, 2.24) is 15.3 Å². The number of nitrogens with one attached hydrogen (secondary N) is 3. The zero-order chi connectivity index (χ0) is 18.4. The Morgan fingerprint density at radius 2 is 1.88 bits per heavy atom. The fourth-order valence-electron chi connectivity index (χ4n) is 2.70. The molecule has 134 valence electrons. The van der Waals surface area contributed by atoms with E-state index in [-0.39, 0.29) is 24.7 Å². The zero-order valence-corrected chi connectivity index (χ0v) is 14.7. The third-order valence-corrected chi connectivity index (χ3v) is 4.17. The van der Waals surface area contributed by atoms with Crippen LogP contribution in [0.5, 0.6) is 0 Å². The number of imidazole rings is 1. The average molecular weight is 350 g/mol. The standard InChI is InChI=1S/C20H22N4O2/c1-2-14-4-3-5-16(10-14)24-20(26)9-8-19(25)21-12-15-6-7-17-18(11-15)23-13-22-17/h3-7,10-11,13H,2,8-9,12H2,1H3,(H,21,25)(H,22,23)(H,24,26). The highest BCUT2D eigenvalue weighted by Crippen LogP contribution is 2.12. The number of rotatable bonds is 7. The van der Waals surface area contributed by atoms with E-state index in [1.165, 1.54) is 0 Å². The average Bonchev–Trinajstić information content (AvgIpc) is 3.12. The number of aryl methyl sites for hydroxylation is 1. The number of aromatic amines is 1. The molecular weight excluding hydrogens is 328 g/mol. The van der Waals surface area contributed by atoms with Crippen molar-refractivity contribution in [1.29, 1.82) is 0 Å². The summed E-state index contributed by atoms with van der Waals surface area (Å²) < 4.78 is 0. The normalized spacial score (nSPS) is 10.7. The lowest BCUT2D eigenvalue weighted by Crippen LogP contribution is -2.24. The van der Waals surface area contributed by atoms with Gasteiger partial charge in [-0.25, -0.2) is 4.98 Å². The van der Waals surface area contributed by atoms with Crippen molar-refractivity contribution in [2.24, 2.45) is 0 Å². The van der Waals surface area contributed by atoms with E-state index in [4.69, 9.17) is 0 Å². The molecule has 2 aromatic carbocycles. The van der Waals surface area contributed by atoms with Crippen molar-refractivity contribution in [2.45, 2.75) is 32.7 Å². The Morgan fingerprint density at radius 1 is 1.04 bits per heavy atom. The molecule has 1 aromatic heterocycles. The summed E-state index contributed by atoms with van der Waals surface area (Å²) in [6.07, 6.45) is 2.87. The Kier molecular flexibility index (Phi) is 5.63. The molecule has 0 bridgehead atoms. The van der Waals surface area contributed by atoms with E-state index in [0.29, 0.717) is 6.54 Å². The molecule has 0 aliphatic rings. The number of fused-ring (bicyclic) bond motifs is 1. The number of amides is 2. The Labute approximate surface area is 152 Å². The number of carbonyl (C=O) groups is 2. The highest BCUT2D eigenvalue weighted by atomic mass is 16.2. The summed E-state index contributed by atoms with van der Waals surface area (Å²) in [5, 5.41) is 5.67. The van der Waals surface area contributed by atoms with Crippen molar-refractivity contribution in [3.63, 3.8) is 0 Å². The molecular formula is C20H22N4O2. The fraction of sp³-hybridized carbons (Fsp3) is 0.250. The van der Waals surface area contributed by atoms with Crippen LogP contribution >= 0.6 is 0 Å². The van der Waals surface area contributed by atoms with Gasteiger partial charge in [0.1, 0.15) is 0 Å². The van der Waals surface area contributed by atoms with Crippen molar-refractivity contribution in [2.75, 3.05) is 5.32 Å². The van der Waals surface area contributed by atoms with Crippen LogP contribution in [0.15, 0.2) is 48.8 Å². The maximum Gasteiger partial charge on any atom is 0.224 e. The molecule has 3 aromatic rings. The largest absolute Gasteiger partial charge is 0.352 e. The molecule has 3 N–H and O–H groups in total. The molecule has 6 nitrogen and oxygen atoms in total. The van der Waals surface area contributed by atoms with Gasteiger partial charge in [-0.15, -0.1) is 0 Å². The molecule has 2 amide bonds. The first-order valence-electron chi connectivity index (χ1n) is 8.71. The molecule has 0 atom stereocenters. The van der Waals surface area contributed by atoms with Gasteiger partial charge in [0.2, 0.25) is 11.8 Å². The van der Waals surface area contributed by atoms with Crippen LogP contribution in [0.4, 0.5) is 5.69 Å². The van der Waals surface area contributed by atoms with E-state index in [1.807, 2.05) is 42.5 Å². The minimum atomic E-state index is -0.160. The summed E-state index contributed by atoms with van der Waals surface area (Å²) in [5.41, 5.74) is 4.74. The Hall–Kier alpha value is -3.15. The maximum absolute atomic E-state index is 12.0. The van der Waals surface area contributed by atoms with E-state index in [9.17, 15) is 9.59 Å². The molecule has 0 radical (unpaired) electrons. The van der Waals surface area contributed by atoms with Crippen LogP contribution in [0, 0.1) is 0 Å². The van der Waals surface area contributed by atoms with E-state index >= 15 is 0 Å². The van der Waals surface area contributed by atoms with E-state index < -0.39 is 0 Å². The second-order valence-corrected chi connectivity index (χ2v) is 6.13. The molecule has 3 rings (SSSR count). The molecule has 1 heterocycles. The first-order valence-corrected chi connectivity index (χ1v) is 8.71. The van der Waals surface area contributed by atoms with Crippen LogP contribution in [0.2, 0.25) is 0 Å². The number of anilines is 1. The Bertz CT molecular complexity index is 917. The van der Waals surface area contributed by atoms with Crippen LogP contribution in [0.25, 0.3) is 11.0 Å². The fourth-order valence-corrected chi connectivity index (χ4v) is 2.70. The molecule has 0 aliphatic carbocycles. The van der Waals surface area contributed by atoms with Gasteiger partial charge in [-0.05, 0) is 41.8 Å². The molecule has 0 aliphatic heterocycles. The van der Waals surface area contributed by atoms with E-state index in [0.717, 1.165) is 34.3 Å². The van der Waals surface area contributed by atoms with Gasteiger partial charge in [-0.3, -0.25) is 9.59 Å². The summed E-state index contributed by atoms with van der Waals surface area (Å²) in [5.74, 6) is -0.306. The third kappa shape index (κ3) is 4.69. The van der Waals surface area contributed by atoms with Gasteiger partial charge in [-0.1, -0.05) is 25.1 Å². The molecule has 0 fully saturated rings. The first kappa shape index (κ1) is 17.7. The minimum Gasteiger partial charge on any atom is -0.352 e. The molecule has 6 heteroatoms. The molecule has 0 saturated carbocycles. The summed E-state index contributed by atoms with van der Waals surface area (Å²) in [6, 6.07) is 13.5. The summed E-state index contributed by atoms with van der Waals surface area (Å²) in [7, 11) is 0. The highest BCUT2D eigenvalue weighted by Gasteiger charge is 2.08. The molecule has 26 heavy (non-hydrogen) atoms. The van der Waals surface area contributed by atoms with Crippen molar-refractivity contribution in [3.05, 3.63) is 59.9 Å². The number of H-pyrrole nitrogens is 1. The quantitative estimate of drug-likeness (QED) is 0.612. The Balaban J connectivity index is 1.43. The number of benzene rings is 2. The number of nitrogens with zero attached hydrogens (tertiary/aromatic N) is 1. The predicted molar refractivity (Wildman–Crippen MR) is 102 cm³/mol. The summed E-state index contributed by atoms with van der Waals surface area (Å²) in [4.78, 5) is 31.2. The smallest absolute Gasteiger partial charge is 0.224 e. The van der Waals surface area contributed by atoms with Crippen LogP contribution in [0.3, 0.4) is 0 Å². The minimum absolute atomic E-state index is 0.146. The molecule has 0 spiro atoms. The third-order valence-electron chi connectivity index (χ3n) is 4.17. The number of hydrogen-bond acceptors (Lipinski definition) is 3. The van der Waals surface area contributed by atoms with Gasteiger partial charge < -0.3 is 15.6 Å². The monoisotopic (exact) mass is 350 g/mol. The second-order valence-electron chi connectivity index (χ2n) is 6.13. The summed E-state index contributed by atoms with van der Waals surface area (Å²) in [6.45, 7) is 2.49. The van der Waals surface area contributed by atoms with Crippen LogP contribution in [-0.4, -0.2) is 21.8 Å². The Morgan fingerprint density at radius 3 is 2.73 bits per heavy atom. The van der Waals surface area contributed by atoms with Crippen LogP contribution in [-0.2, 0) is 22.6 Å². The number of aromatic nitrogens is 2. The highest BCUT2D eigenvalue weighted by molar-refractivity contribution is 5.93. The summed E-state index contributed by atoms with van der Waals surface area (Å²) >= 11 is 0. The van der Waals surface area contributed by atoms with Crippen LogP contribution in [0.1, 0.15) is 30.9 Å². The topological polar surface area (TPSA) is 86.9 Å². The lowest BCUT2D eigenvalue weighted by Gasteiger charge is -2.08. The second kappa shape index (κ2) is 8.29. The van der Waals surface area contributed by atoms with Gasteiger partial charge in [0.05, 0.1) is 17.4 Å². The molecule has 0 unspecified atom stereocenters. The first-order chi connectivity index (χ1) is 12.6. The number of carbonyl (C=O) groups excluding carboxylic acids is 2. The van der Waals surface area contributed by atoms with Gasteiger partial charge in [0.25, 0.3) is 0 Å². The van der Waals surface area contributed by atoms with E-state index in [2.05, 4.69) is 27.5 Å². The van der Waals surface area contributed by atoms with Gasteiger partial charge >= 0.3 is 0 Å². The van der Waals surface area contributed by atoms with Gasteiger partial charge in [0, 0.05) is 25.1 Å². The van der Waals surface area contributed by atoms with E-state index in [1.54, 1.807) is 6.33 Å². The van der Waals surface area contributed by atoms with Crippen LogP contribution < -0.4 is 10.6 Å². The predicted octanol–water partition coefficient (Wildman–Crippen LogP) is 3.16. The lowest BCUT2D eigenvalue weighted by atomic mass is 10.1. The SMILES string of the molecule is CCc1cccc(NC(=O)CCC(=O)NCc2ccc3nc[nH]c3c2)c1. The van der Waals surface area contributed by atoms with Gasteiger partial charge in [-0.2, -0.15) is 0 Å². The zero-order valence-electron chi connectivity index (χ0n) is 14.7. The van der Waals surface area contributed by atoms with Crippen molar-refractivity contribution < 1.29 is 9.59 Å². The maximum atomic E-state index is 12.0. The van der Waals surface area contributed by atoms with Crippen molar-refractivity contribution in [3.8, 4) is 0 Å². The lowest BCUT2D eigenvalue weighted by molar-refractivity contribution is -0.124. The van der Waals surface area contributed by atoms with Gasteiger partial charge in [0.15, 0.2) is 0 Å². The number of hydrogen-bond donors (Lipinski definition) is 3. The van der Waals surface area contributed by atoms with Crippen molar-refractivity contribution >= 4 is 28.5 Å². The molecule has 0 saturated heterocycles.